The fourth-order valence-corrected chi connectivity index (χ4v) is 5.27. The molecule has 0 unspecified atom stereocenters. The second-order valence-electron chi connectivity index (χ2n) is 8.09. The van der Waals surface area contributed by atoms with Gasteiger partial charge < -0.3 is 15.4 Å². The Labute approximate surface area is 195 Å². The molecule has 11 heteroatoms. The van der Waals surface area contributed by atoms with E-state index in [-0.39, 0.29) is 42.0 Å². The molecule has 0 fully saturated rings. The molecular weight excluding hydrogens is 473 g/mol. The molecule has 0 aromatic heterocycles. The number of amides is 1. The van der Waals surface area contributed by atoms with Gasteiger partial charge in [0.25, 0.3) is 0 Å². The maximum atomic E-state index is 13.0. The van der Waals surface area contributed by atoms with Crippen LogP contribution in [-0.4, -0.2) is 45.2 Å². The quantitative estimate of drug-likeness (QED) is 0.440. The Morgan fingerprint density at radius 2 is 1.82 bits per heavy atom. The number of benzene rings is 2. The van der Waals surface area contributed by atoms with E-state index < -0.39 is 45.9 Å². The summed E-state index contributed by atoms with van der Waals surface area (Å²) in [6, 6.07) is 9.38. The fourth-order valence-electron chi connectivity index (χ4n) is 3.71. The second-order valence-corrected chi connectivity index (χ2v) is 10.1. The number of unbranched alkanes of at least 4 members (excludes halogenated alkanes) is 1. The molecule has 3 rings (SSSR count). The highest BCUT2D eigenvalue weighted by molar-refractivity contribution is 7.91. The van der Waals surface area contributed by atoms with Gasteiger partial charge in [-0.25, -0.2) is 8.42 Å². The molecule has 1 aliphatic heterocycles. The number of hydrogen-bond donors (Lipinski definition) is 1. The zero-order valence-electron chi connectivity index (χ0n) is 18.5. The van der Waals surface area contributed by atoms with Gasteiger partial charge in [-0.1, -0.05) is 12.1 Å². The van der Waals surface area contributed by atoms with Crippen molar-refractivity contribution in [1.29, 1.82) is 0 Å². The van der Waals surface area contributed by atoms with Crippen LogP contribution in [0.4, 0.5) is 18.9 Å². The zero-order chi connectivity index (χ0) is 25.1. The first-order chi connectivity index (χ1) is 15.9. The number of nitrogens with two attached hydrogens (primary N) is 1. The lowest BCUT2D eigenvalue weighted by Crippen LogP contribution is -2.45. The van der Waals surface area contributed by atoms with E-state index in [1.165, 1.54) is 30.2 Å². The van der Waals surface area contributed by atoms with Crippen LogP contribution >= 0.6 is 0 Å². The van der Waals surface area contributed by atoms with Crippen molar-refractivity contribution < 1.29 is 35.9 Å². The summed E-state index contributed by atoms with van der Waals surface area (Å²) in [7, 11) is -2.41. The number of nitrogens with zero attached hydrogens (tertiary/aromatic N) is 1. The third-order valence-electron chi connectivity index (χ3n) is 5.50. The molecule has 0 bridgehead atoms. The fraction of sp³-hybridized carbons (Fsp3) is 0.391. The molecule has 0 saturated heterocycles. The topological polar surface area (TPSA) is 107 Å². The number of sulfone groups is 1. The molecule has 1 amide bonds. The van der Waals surface area contributed by atoms with Gasteiger partial charge in [0.05, 0.1) is 36.0 Å². The summed E-state index contributed by atoms with van der Waals surface area (Å²) >= 11 is 0. The number of alkyl halides is 3. The maximum Gasteiger partial charge on any atom is 0.389 e. The number of anilines is 1. The molecule has 2 aromatic carbocycles. The highest BCUT2D eigenvalue weighted by Gasteiger charge is 2.36. The summed E-state index contributed by atoms with van der Waals surface area (Å²) in [5.41, 5.74) is 6.70. The van der Waals surface area contributed by atoms with Crippen molar-refractivity contribution in [2.45, 2.75) is 49.3 Å². The first-order valence-corrected chi connectivity index (χ1v) is 12.2. The average molecular weight is 499 g/mol. The summed E-state index contributed by atoms with van der Waals surface area (Å²) in [5, 5.41) is 0. The number of fused-ring (bicyclic) bond motifs is 1. The Morgan fingerprint density at radius 3 is 2.44 bits per heavy atom. The Hall–Kier alpha value is -2.92. The number of hydrogen-bond acceptors (Lipinski definition) is 6. The number of rotatable bonds is 8. The summed E-state index contributed by atoms with van der Waals surface area (Å²) in [6.07, 6.45) is -5.56. The first-order valence-electron chi connectivity index (χ1n) is 10.6. The van der Waals surface area contributed by atoms with E-state index in [0.29, 0.717) is 11.3 Å². The summed E-state index contributed by atoms with van der Waals surface area (Å²) in [5.74, 6) is -1.03. The maximum absolute atomic E-state index is 13.0. The SMILES string of the molecule is COc1ccc(CN2C(=O)[C@@H](N)CS(=O)(=O)c3ccc(C(=O)CCCCC(F)(F)F)cc32)cc1. The minimum Gasteiger partial charge on any atom is -0.497 e. The number of methoxy groups -OCH3 is 1. The Kier molecular flexibility index (Phi) is 7.67. The molecule has 0 saturated carbocycles. The average Bonchev–Trinajstić information content (AvgIpc) is 2.84. The Balaban J connectivity index is 1.93. The van der Waals surface area contributed by atoms with Crippen molar-refractivity contribution >= 4 is 27.2 Å². The van der Waals surface area contributed by atoms with Crippen LogP contribution in [0.1, 0.15) is 41.6 Å². The predicted molar refractivity (Wildman–Crippen MR) is 120 cm³/mol. The van der Waals surface area contributed by atoms with Gasteiger partial charge in [0.1, 0.15) is 5.75 Å². The summed E-state index contributed by atoms with van der Waals surface area (Å²) in [6.45, 7) is 0.00226. The van der Waals surface area contributed by atoms with Crippen LogP contribution in [0.2, 0.25) is 0 Å². The third kappa shape index (κ3) is 6.15. The molecule has 1 atom stereocenters. The molecule has 0 radical (unpaired) electrons. The van der Waals surface area contributed by atoms with E-state index in [0.717, 1.165) is 0 Å². The zero-order valence-corrected chi connectivity index (χ0v) is 19.3. The molecule has 2 aromatic rings. The van der Waals surface area contributed by atoms with Crippen molar-refractivity contribution in [1.82, 2.24) is 0 Å². The monoisotopic (exact) mass is 498 g/mol. The lowest BCUT2D eigenvalue weighted by atomic mass is 10.0. The van der Waals surface area contributed by atoms with Crippen LogP contribution in [0.5, 0.6) is 5.75 Å². The van der Waals surface area contributed by atoms with E-state index in [1.54, 1.807) is 24.3 Å². The van der Waals surface area contributed by atoms with Crippen LogP contribution in [0, 0.1) is 0 Å². The molecule has 184 valence electrons. The van der Waals surface area contributed by atoms with E-state index in [4.69, 9.17) is 10.5 Å². The van der Waals surface area contributed by atoms with Crippen molar-refractivity contribution in [2.24, 2.45) is 5.73 Å². The van der Waals surface area contributed by atoms with E-state index in [9.17, 15) is 31.2 Å². The molecular formula is C23H25F3N2O5S. The normalized spacial score (nSPS) is 17.7. The minimum atomic E-state index is -4.29. The van der Waals surface area contributed by atoms with Crippen molar-refractivity contribution in [2.75, 3.05) is 17.8 Å². The number of ether oxygens (including phenoxy) is 1. The summed E-state index contributed by atoms with van der Waals surface area (Å²) in [4.78, 5) is 26.7. The van der Waals surface area contributed by atoms with E-state index >= 15 is 0 Å². The first kappa shape index (κ1) is 25.7. The molecule has 1 heterocycles. The standard InChI is InChI=1S/C23H25F3N2O5S/c1-33-17-8-5-15(6-9-17)13-28-19-12-16(20(29)4-2-3-11-23(24,25)26)7-10-21(19)34(31,32)14-18(27)22(28)30/h5-10,12,18H,2-4,11,13-14,27H2,1H3/t18-/m0/s1. The summed E-state index contributed by atoms with van der Waals surface area (Å²) < 4.78 is 67.8. The lowest BCUT2D eigenvalue weighted by molar-refractivity contribution is -0.135. The van der Waals surface area contributed by atoms with Crippen molar-refractivity contribution in [3.05, 3.63) is 53.6 Å². The molecule has 7 nitrogen and oxygen atoms in total. The van der Waals surface area contributed by atoms with Crippen LogP contribution in [0.3, 0.4) is 0 Å². The lowest BCUT2D eigenvalue weighted by Gasteiger charge is -2.24. The van der Waals surface area contributed by atoms with Crippen LogP contribution in [0.25, 0.3) is 0 Å². The molecule has 0 aliphatic carbocycles. The van der Waals surface area contributed by atoms with Crippen molar-refractivity contribution in [3.8, 4) is 5.75 Å². The number of ketones is 1. The van der Waals surface area contributed by atoms with Gasteiger partial charge in [-0.15, -0.1) is 0 Å². The van der Waals surface area contributed by atoms with Crippen LogP contribution in [-0.2, 0) is 21.2 Å². The minimum absolute atomic E-state index is 0.00226. The Bertz CT molecular complexity index is 1160. The van der Waals surface area contributed by atoms with Gasteiger partial charge in [-0.2, -0.15) is 13.2 Å². The van der Waals surface area contributed by atoms with Gasteiger partial charge in [-0.05, 0) is 48.7 Å². The molecule has 34 heavy (non-hydrogen) atoms. The molecule has 0 spiro atoms. The highest BCUT2D eigenvalue weighted by Crippen LogP contribution is 2.33. The van der Waals surface area contributed by atoms with Gasteiger partial charge >= 0.3 is 6.18 Å². The van der Waals surface area contributed by atoms with E-state index in [2.05, 4.69) is 0 Å². The second kappa shape index (κ2) is 10.1. The van der Waals surface area contributed by atoms with E-state index in [1.807, 2.05) is 0 Å². The Morgan fingerprint density at radius 1 is 1.15 bits per heavy atom. The predicted octanol–water partition coefficient (Wildman–Crippen LogP) is 3.65. The third-order valence-corrected chi connectivity index (χ3v) is 7.32. The van der Waals surface area contributed by atoms with Gasteiger partial charge in [0, 0.05) is 18.4 Å². The number of halogens is 3. The number of Topliss-reactive ketones (excluding diaryl/α,β-unsaturated/α-hetero) is 1. The highest BCUT2D eigenvalue weighted by atomic mass is 32.2. The largest absolute Gasteiger partial charge is 0.497 e. The van der Waals surface area contributed by atoms with Crippen LogP contribution in [0.15, 0.2) is 47.4 Å². The van der Waals surface area contributed by atoms with Gasteiger partial charge in [-0.3, -0.25) is 9.59 Å². The van der Waals surface area contributed by atoms with Gasteiger partial charge in [0.2, 0.25) is 5.91 Å². The molecule has 1 aliphatic rings. The number of carbonyl (C=O) groups is 2. The van der Waals surface area contributed by atoms with Crippen molar-refractivity contribution in [3.63, 3.8) is 0 Å². The smallest absolute Gasteiger partial charge is 0.389 e. The number of carbonyl (C=O) groups excluding carboxylic acids is 2. The van der Waals surface area contributed by atoms with Crippen LogP contribution < -0.4 is 15.4 Å². The van der Waals surface area contributed by atoms with Gasteiger partial charge in [0.15, 0.2) is 15.6 Å². The molecule has 2 N–H and O–H groups in total.